The maximum absolute atomic E-state index is 4.58. The van der Waals surface area contributed by atoms with Crippen LogP contribution >= 0.6 is 0 Å². The van der Waals surface area contributed by atoms with E-state index in [9.17, 15) is 0 Å². The molecule has 0 atom stereocenters. The van der Waals surface area contributed by atoms with Crippen LogP contribution in [0, 0.1) is 0 Å². The molecule has 146 valence electrons. The largest absolute Gasteiger partial charge is 0.352 e. The van der Waals surface area contributed by atoms with Crippen molar-refractivity contribution < 1.29 is 0 Å². The number of aromatic nitrogens is 6. The van der Waals surface area contributed by atoms with Gasteiger partial charge in [0.15, 0.2) is 5.65 Å². The normalized spacial score (nSPS) is 14.3. The van der Waals surface area contributed by atoms with Gasteiger partial charge in [-0.25, -0.2) is 4.98 Å². The molecule has 6 rings (SSSR count). The van der Waals surface area contributed by atoms with Crippen LogP contribution in [0.25, 0.3) is 50.0 Å². The number of nitrogens with one attached hydrogen (secondary N) is 3. The number of aromatic amines is 2. The summed E-state index contributed by atoms with van der Waals surface area (Å²) in [5.41, 5.74) is 8.24. The monoisotopic (exact) mass is 393 g/mol. The molecule has 5 aromatic heterocycles. The second-order valence-electron chi connectivity index (χ2n) is 7.44. The third kappa shape index (κ3) is 2.79. The quantitative estimate of drug-likeness (QED) is 0.432. The molecule has 0 aliphatic carbocycles. The minimum Gasteiger partial charge on any atom is -0.352 e. The Balaban J connectivity index is 1.50. The Labute approximate surface area is 172 Å². The van der Waals surface area contributed by atoms with Gasteiger partial charge in [-0.3, -0.25) is 15.1 Å². The Hall–Kier alpha value is -3.84. The Morgan fingerprint density at radius 3 is 2.70 bits per heavy atom. The van der Waals surface area contributed by atoms with E-state index in [0.29, 0.717) is 0 Å². The molecule has 0 unspecified atom stereocenters. The number of nitrogens with zero attached hydrogens (tertiary/aromatic N) is 4. The summed E-state index contributed by atoms with van der Waals surface area (Å²) in [5.74, 6) is 0. The summed E-state index contributed by atoms with van der Waals surface area (Å²) in [7, 11) is 0. The van der Waals surface area contributed by atoms with Crippen LogP contribution in [0.5, 0.6) is 0 Å². The summed E-state index contributed by atoms with van der Waals surface area (Å²) in [5, 5.41) is 13.1. The molecule has 0 aromatic carbocycles. The Morgan fingerprint density at radius 1 is 0.900 bits per heavy atom. The number of H-pyrrole nitrogens is 2. The lowest BCUT2D eigenvalue weighted by Gasteiger charge is -2.13. The molecule has 6 heterocycles. The number of hydrogen-bond donors (Lipinski definition) is 3. The zero-order chi connectivity index (χ0) is 19.9. The van der Waals surface area contributed by atoms with Crippen LogP contribution in [0.4, 0.5) is 0 Å². The van der Waals surface area contributed by atoms with Gasteiger partial charge in [-0.1, -0.05) is 6.08 Å². The van der Waals surface area contributed by atoms with Gasteiger partial charge in [-0.2, -0.15) is 5.10 Å². The number of rotatable bonds is 3. The van der Waals surface area contributed by atoms with Crippen LogP contribution in [0.3, 0.4) is 0 Å². The Kier molecular flexibility index (Phi) is 3.92. The molecule has 3 N–H and O–H groups in total. The predicted molar refractivity (Wildman–Crippen MR) is 118 cm³/mol. The summed E-state index contributed by atoms with van der Waals surface area (Å²) in [4.78, 5) is 16.6. The lowest BCUT2D eigenvalue weighted by atomic mass is 10.0. The van der Waals surface area contributed by atoms with Crippen LogP contribution in [-0.2, 0) is 0 Å². The van der Waals surface area contributed by atoms with E-state index in [4.69, 9.17) is 0 Å². The second-order valence-corrected chi connectivity index (χ2v) is 7.44. The van der Waals surface area contributed by atoms with Gasteiger partial charge >= 0.3 is 0 Å². The van der Waals surface area contributed by atoms with Crippen LogP contribution in [0.2, 0.25) is 0 Å². The fourth-order valence-electron chi connectivity index (χ4n) is 4.11. The standard InChI is InChI=1S/C23H19N7/c1-5-24-6-2-14(1)16-9-18-22(29-30-23(18)27-11-16)20-10-17-19(12-26-13-21(17)28-20)15-3-7-25-8-4-15/h1,3-4,7-13,24,28H,2,5-6H2,(H,27,29,30). The van der Waals surface area contributed by atoms with E-state index < -0.39 is 0 Å². The number of fused-ring (bicyclic) bond motifs is 2. The third-order valence-electron chi connectivity index (χ3n) is 5.65. The highest BCUT2D eigenvalue weighted by Crippen LogP contribution is 2.33. The van der Waals surface area contributed by atoms with Crippen molar-refractivity contribution in [3.8, 4) is 22.5 Å². The van der Waals surface area contributed by atoms with Crippen LogP contribution in [0.1, 0.15) is 12.0 Å². The van der Waals surface area contributed by atoms with Gasteiger partial charge in [0.25, 0.3) is 0 Å². The van der Waals surface area contributed by atoms with Crippen molar-refractivity contribution in [1.82, 2.24) is 35.5 Å². The summed E-state index contributed by atoms with van der Waals surface area (Å²) < 4.78 is 0. The minimum atomic E-state index is 0.717. The Morgan fingerprint density at radius 2 is 1.83 bits per heavy atom. The molecule has 1 aliphatic heterocycles. The molecule has 5 aromatic rings. The molecule has 0 radical (unpaired) electrons. The molecular formula is C23H19N7. The minimum absolute atomic E-state index is 0.717. The van der Waals surface area contributed by atoms with E-state index in [0.717, 1.165) is 69.5 Å². The third-order valence-corrected chi connectivity index (χ3v) is 5.65. The van der Waals surface area contributed by atoms with Gasteiger partial charge in [0, 0.05) is 47.7 Å². The van der Waals surface area contributed by atoms with Crippen LogP contribution in [0.15, 0.2) is 61.3 Å². The highest BCUT2D eigenvalue weighted by molar-refractivity contribution is 6.00. The van der Waals surface area contributed by atoms with Gasteiger partial charge < -0.3 is 10.3 Å². The molecule has 7 heteroatoms. The zero-order valence-corrected chi connectivity index (χ0v) is 16.2. The van der Waals surface area contributed by atoms with E-state index in [1.165, 1.54) is 5.57 Å². The van der Waals surface area contributed by atoms with Crippen molar-refractivity contribution in [3.05, 3.63) is 66.9 Å². The SMILES string of the molecule is C1=C(c2cnc3n[nH]c(-c4cc5c(-c6ccncc6)cncc5[nH]4)c3c2)CCNC1. The lowest BCUT2D eigenvalue weighted by Crippen LogP contribution is -2.20. The first-order valence-electron chi connectivity index (χ1n) is 9.98. The topological polar surface area (TPSA) is 95.2 Å². The molecule has 7 nitrogen and oxygen atoms in total. The first-order chi connectivity index (χ1) is 14.9. The molecule has 0 fully saturated rings. The molecule has 0 spiro atoms. The van der Waals surface area contributed by atoms with E-state index in [2.05, 4.69) is 53.7 Å². The molecule has 30 heavy (non-hydrogen) atoms. The van der Waals surface area contributed by atoms with Gasteiger partial charge in [0.2, 0.25) is 0 Å². The van der Waals surface area contributed by atoms with E-state index >= 15 is 0 Å². The Bertz CT molecular complexity index is 1400. The maximum atomic E-state index is 4.58. The van der Waals surface area contributed by atoms with Crippen LogP contribution in [-0.4, -0.2) is 43.2 Å². The molecule has 1 aliphatic rings. The van der Waals surface area contributed by atoms with Crippen molar-refractivity contribution >= 4 is 27.5 Å². The van der Waals surface area contributed by atoms with Crippen molar-refractivity contribution in [3.63, 3.8) is 0 Å². The van der Waals surface area contributed by atoms with Crippen molar-refractivity contribution in [1.29, 1.82) is 0 Å². The van der Waals surface area contributed by atoms with Gasteiger partial charge in [0.1, 0.15) is 0 Å². The highest BCUT2D eigenvalue weighted by Gasteiger charge is 2.15. The fourth-order valence-corrected chi connectivity index (χ4v) is 4.11. The van der Waals surface area contributed by atoms with E-state index in [1.807, 2.05) is 30.7 Å². The van der Waals surface area contributed by atoms with Gasteiger partial charge in [-0.05, 0) is 53.9 Å². The first kappa shape index (κ1) is 17.1. The van der Waals surface area contributed by atoms with Crippen molar-refractivity contribution in [2.45, 2.75) is 6.42 Å². The lowest BCUT2D eigenvalue weighted by molar-refractivity contribution is 0.738. The highest BCUT2D eigenvalue weighted by atomic mass is 15.2. The van der Waals surface area contributed by atoms with E-state index in [1.54, 1.807) is 12.4 Å². The maximum Gasteiger partial charge on any atom is 0.181 e. The van der Waals surface area contributed by atoms with Gasteiger partial charge in [0.05, 0.1) is 23.1 Å². The summed E-state index contributed by atoms with van der Waals surface area (Å²) >= 11 is 0. The predicted octanol–water partition coefficient (Wildman–Crippen LogP) is 3.94. The summed E-state index contributed by atoms with van der Waals surface area (Å²) in [6.45, 7) is 1.90. The van der Waals surface area contributed by atoms with Gasteiger partial charge in [-0.15, -0.1) is 0 Å². The second kappa shape index (κ2) is 6.89. The average molecular weight is 393 g/mol. The summed E-state index contributed by atoms with van der Waals surface area (Å²) in [6.07, 6.45) is 12.5. The first-order valence-corrected chi connectivity index (χ1v) is 9.98. The molecule has 0 bridgehead atoms. The smallest absolute Gasteiger partial charge is 0.181 e. The van der Waals surface area contributed by atoms with Crippen molar-refractivity contribution in [2.24, 2.45) is 0 Å². The molecule has 0 amide bonds. The molecule has 0 saturated carbocycles. The number of hydrogen-bond acceptors (Lipinski definition) is 5. The fraction of sp³-hybridized carbons (Fsp3) is 0.130. The van der Waals surface area contributed by atoms with Crippen molar-refractivity contribution in [2.75, 3.05) is 13.1 Å². The molecular weight excluding hydrogens is 374 g/mol. The zero-order valence-electron chi connectivity index (χ0n) is 16.2. The molecule has 0 saturated heterocycles. The average Bonchev–Trinajstić information content (AvgIpc) is 3.43. The summed E-state index contributed by atoms with van der Waals surface area (Å²) in [6, 6.07) is 8.33. The van der Waals surface area contributed by atoms with E-state index in [-0.39, 0.29) is 0 Å². The number of pyridine rings is 3. The van der Waals surface area contributed by atoms with Crippen LogP contribution < -0.4 is 5.32 Å².